The van der Waals surface area contributed by atoms with E-state index in [1.54, 1.807) is 18.2 Å². The van der Waals surface area contributed by atoms with Crippen molar-refractivity contribution in [3.05, 3.63) is 64.7 Å². The summed E-state index contributed by atoms with van der Waals surface area (Å²) in [5.74, 6) is -3.55. The SMILES string of the molecule is CNC(=O)[C@@H](c1ccc(F)cc1F)N1C(=O)[C@@H](C2Cc3ccc(O)cc3C2)NC(=O)[C@H]1CC(C)C. The maximum atomic E-state index is 14.9. The van der Waals surface area contributed by atoms with E-state index in [0.29, 0.717) is 18.9 Å². The molecule has 7 nitrogen and oxygen atoms in total. The van der Waals surface area contributed by atoms with Crippen molar-refractivity contribution < 1.29 is 28.3 Å². The molecule has 186 valence electrons. The van der Waals surface area contributed by atoms with Gasteiger partial charge in [-0.1, -0.05) is 26.0 Å². The van der Waals surface area contributed by atoms with Crippen LogP contribution in [0.4, 0.5) is 8.78 Å². The lowest BCUT2D eigenvalue weighted by Gasteiger charge is -2.44. The number of nitrogens with zero attached hydrogens (tertiary/aromatic N) is 1. The van der Waals surface area contributed by atoms with Crippen LogP contribution >= 0.6 is 0 Å². The smallest absolute Gasteiger partial charge is 0.247 e. The van der Waals surface area contributed by atoms with Gasteiger partial charge in [-0.3, -0.25) is 14.4 Å². The topological polar surface area (TPSA) is 98.7 Å². The molecule has 0 aromatic heterocycles. The number of likely N-dealkylation sites (N-methyl/N-ethyl adjacent to an activating group) is 1. The molecule has 4 rings (SSSR count). The molecule has 1 aliphatic heterocycles. The Morgan fingerprint density at radius 3 is 2.51 bits per heavy atom. The number of aromatic hydroxyl groups is 1. The second-order valence-corrected chi connectivity index (χ2v) is 9.68. The first-order valence-corrected chi connectivity index (χ1v) is 11.7. The van der Waals surface area contributed by atoms with Crippen LogP contribution in [0.15, 0.2) is 36.4 Å². The Morgan fingerprint density at radius 1 is 1.14 bits per heavy atom. The predicted molar refractivity (Wildman–Crippen MR) is 124 cm³/mol. The minimum absolute atomic E-state index is 0.000266. The fourth-order valence-corrected chi connectivity index (χ4v) is 5.20. The molecule has 4 atom stereocenters. The van der Waals surface area contributed by atoms with Crippen molar-refractivity contribution in [3.8, 4) is 5.75 Å². The zero-order valence-electron chi connectivity index (χ0n) is 19.8. The molecular weight excluding hydrogens is 456 g/mol. The second-order valence-electron chi connectivity index (χ2n) is 9.68. The first kappa shape index (κ1) is 24.6. The molecule has 3 amide bonds. The van der Waals surface area contributed by atoms with E-state index >= 15 is 0 Å². The summed E-state index contributed by atoms with van der Waals surface area (Å²) >= 11 is 0. The molecule has 1 saturated heterocycles. The summed E-state index contributed by atoms with van der Waals surface area (Å²) in [4.78, 5) is 41.5. The molecule has 0 bridgehead atoms. The maximum absolute atomic E-state index is 14.9. The van der Waals surface area contributed by atoms with Gasteiger partial charge < -0.3 is 20.6 Å². The largest absolute Gasteiger partial charge is 0.508 e. The molecule has 35 heavy (non-hydrogen) atoms. The van der Waals surface area contributed by atoms with Gasteiger partial charge in [-0.05, 0) is 60.4 Å². The van der Waals surface area contributed by atoms with Gasteiger partial charge in [0.15, 0.2) is 0 Å². The average molecular weight is 486 g/mol. The summed E-state index contributed by atoms with van der Waals surface area (Å²) in [5, 5.41) is 15.1. The molecule has 0 saturated carbocycles. The summed E-state index contributed by atoms with van der Waals surface area (Å²) in [6.45, 7) is 3.77. The van der Waals surface area contributed by atoms with Gasteiger partial charge in [0.2, 0.25) is 17.7 Å². The molecule has 9 heteroatoms. The Balaban J connectivity index is 1.76. The van der Waals surface area contributed by atoms with Crippen LogP contribution in [0.25, 0.3) is 0 Å². The Morgan fingerprint density at radius 2 is 1.86 bits per heavy atom. The highest BCUT2D eigenvalue weighted by atomic mass is 19.1. The van der Waals surface area contributed by atoms with Crippen molar-refractivity contribution in [1.82, 2.24) is 15.5 Å². The van der Waals surface area contributed by atoms with E-state index in [9.17, 15) is 28.3 Å². The zero-order valence-corrected chi connectivity index (χ0v) is 19.8. The van der Waals surface area contributed by atoms with Crippen molar-refractivity contribution >= 4 is 17.7 Å². The number of hydrogen-bond acceptors (Lipinski definition) is 4. The number of nitrogens with one attached hydrogen (secondary N) is 2. The number of phenols is 1. The molecule has 1 unspecified atom stereocenters. The number of carbonyl (C=O) groups is 3. The van der Waals surface area contributed by atoms with E-state index in [1.165, 1.54) is 11.9 Å². The summed E-state index contributed by atoms with van der Waals surface area (Å²) < 4.78 is 28.5. The Bertz CT molecular complexity index is 1170. The van der Waals surface area contributed by atoms with E-state index in [1.807, 2.05) is 13.8 Å². The Labute approximate surface area is 202 Å². The van der Waals surface area contributed by atoms with Crippen LogP contribution in [-0.2, 0) is 27.2 Å². The minimum Gasteiger partial charge on any atom is -0.508 e. The molecule has 2 aromatic carbocycles. The number of hydrogen-bond donors (Lipinski definition) is 3. The third kappa shape index (κ3) is 4.72. The quantitative estimate of drug-likeness (QED) is 0.586. The van der Waals surface area contributed by atoms with Crippen LogP contribution in [0.2, 0.25) is 0 Å². The van der Waals surface area contributed by atoms with Gasteiger partial charge in [0.05, 0.1) is 0 Å². The molecule has 0 spiro atoms. The monoisotopic (exact) mass is 485 g/mol. The highest BCUT2D eigenvalue weighted by Crippen LogP contribution is 2.36. The van der Waals surface area contributed by atoms with Crippen LogP contribution in [0, 0.1) is 23.5 Å². The number of carbonyl (C=O) groups excluding carboxylic acids is 3. The van der Waals surface area contributed by atoms with Gasteiger partial charge in [0.25, 0.3) is 0 Å². The lowest BCUT2D eigenvalue weighted by Crippen LogP contribution is -2.67. The molecule has 1 heterocycles. The van der Waals surface area contributed by atoms with Gasteiger partial charge in [-0.2, -0.15) is 0 Å². The van der Waals surface area contributed by atoms with E-state index in [0.717, 1.165) is 23.3 Å². The maximum Gasteiger partial charge on any atom is 0.247 e. The fourth-order valence-electron chi connectivity index (χ4n) is 5.20. The van der Waals surface area contributed by atoms with Crippen LogP contribution in [0.5, 0.6) is 5.75 Å². The molecule has 3 N–H and O–H groups in total. The number of piperazine rings is 1. The molecule has 1 fully saturated rings. The van der Waals surface area contributed by atoms with E-state index in [-0.39, 0.29) is 29.6 Å². The highest BCUT2D eigenvalue weighted by molar-refractivity contribution is 6.00. The molecule has 0 radical (unpaired) electrons. The van der Waals surface area contributed by atoms with Crippen molar-refractivity contribution in [2.45, 2.75) is 51.2 Å². The van der Waals surface area contributed by atoms with Crippen molar-refractivity contribution in [2.24, 2.45) is 11.8 Å². The third-order valence-electron chi connectivity index (χ3n) is 6.81. The van der Waals surface area contributed by atoms with E-state index in [4.69, 9.17) is 0 Å². The van der Waals surface area contributed by atoms with E-state index in [2.05, 4.69) is 10.6 Å². The number of benzene rings is 2. The van der Waals surface area contributed by atoms with Crippen LogP contribution in [0.3, 0.4) is 0 Å². The van der Waals surface area contributed by atoms with Gasteiger partial charge >= 0.3 is 0 Å². The first-order chi connectivity index (χ1) is 16.6. The second kappa shape index (κ2) is 9.64. The summed E-state index contributed by atoms with van der Waals surface area (Å²) in [7, 11) is 1.36. The molecule has 1 aliphatic carbocycles. The van der Waals surface area contributed by atoms with Gasteiger partial charge in [0.1, 0.15) is 35.5 Å². The van der Waals surface area contributed by atoms with Crippen LogP contribution < -0.4 is 10.6 Å². The van der Waals surface area contributed by atoms with Crippen LogP contribution in [0.1, 0.15) is 43.0 Å². The van der Waals surface area contributed by atoms with E-state index < -0.39 is 47.5 Å². The van der Waals surface area contributed by atoms with Crippen molar-refractivity contribution in [3.63, 3.8) is 0 Å². The average Bonchev–Trinajstić information content (AvgIpc) is 3.21. The number of halogens is 2. The predicted octanol–water partition coefficient (Wildman–Crippen LogP) is 2.61. The molecule has 2 aromatic rings. The van der Waals surface area contributed by atoms with Gasteiger partial charge in [-0.15, -0.1) is 0 Å². The molecule has 2 aliphatic rings. The third-order valence-corrected chi connectivity index (χ3v) is 6.81. The van der Waals surface area contributed by atoms with Gasteiger partial charge in [0, 0.05) is 18.7 Å². The standard InChI is InChI=1S/C26H29F2N3O4/c1-13(2)8-21-24(33)30-22(16-9-14-4-6-18(32)11-15(14)10-16)26(35)31(21)23(25(34)29-3)19-7-5-17(27)12-20(19)28/h4-7,11-13,16,21-23,32H,8-10H2,1-3H3,(H,29,34)(H,30,33)/t16?,21-,22-,23-/m1/s1. The summed E-state index contributed by atoms with van der Waals surface area (Å²) in [6.07, 6.45) is 1.22. The normalized spacial score (nSPS) is 22.7. The first-order valence-electron chi connectivity index (χ1n) is 11.7. The summed E-state index contributed by atoms with van der Waals surface area (Å²) in [6, 6.07) is 4.46. The number of phenolic OH excluding ortho intramolecular Hbond substituents is 1. The molecular formula is C26H29F2N3O4. The van der Waals surface area contributed by atoms with Gasteiger partial charge in [-0.25, -0.2) is 8.78 Å². The van der Waals surface area contributed by atoms with Crippen molar-refractivity contribution in [2.75, 3.05) is 7.05 Å². The lowest BCUT2D eigenvalue weighted by molar-refractivity contribution is -0.157. The number of amides is 3. The van der Waals surface area contributed by atoms with Crippen molar-refractivity contribution in [1.29, 1.82) is 0 Å². The fraction of sp³-hybridized carbons (Fsp3) is 0.423. The van der Waals surface area contributed by atoms with Crippen LogP contribution in [-0.4, -0.2) is 46.9 Å². The zero-order chi connectivity index (χ0) is 25.4. The lowest BCUT2D eigenvalue weighted by atomic mass is 9.88. The Hall–Kier alpha value is -3.49. The highest BCUT2D eigenvalue weighted by Gasteiger charge is 2.49. The summed E-state index contributed by atoms with van der Waals surface area (Å²) in [5.41, 5.74) is 1.68. The number of fused-ring (bicyclic) bond motifs is 1. The number of rotatable bonds is 6. The Kier molecular flexibility index (Phi) is 6.78. The minimum atomic E-state index is -1.45.